The van der Waals surface area contributed by atoms with E-state index < -0.39 is 0 Å². The van der Waals surface area contributed by atoms with Crippen LogP contribution < -0.4 is 0 Å². The molecule has 0 atom stereocenters. The molecule has 4 heteroatoms. The van der Waals surface area contributed by atoms with Crippen LogP contribution in [0.3, 0.4) is 0 Å². The molecule has 4 nitrogen and oxygen atoms in total. The highest BCUT2D eigenvalue weighted by molar-refractivity contribution is 4.92. The second-order valence-corrected chi connectivity index (χ2v) is 4.23. The van der Waals surface area contributed by atoms with Crippen molar-refractivity contribution >= 4 is 0 Å². The molecule has 0 aliphatic carbocycles. The molecule has 82 valence electrons. The largest absolute Gasteiger partial charge is 0.500 e. The maximum atomic E-state index is 5.55. The molecule has 0 spiro atoms. The van der Waals surface area contributed by atoms with Crippen LogP contribution in [-0.2, 0) is 14.4 Å². The van der Waals surface area contributed by atoms with E-state index >= 15 is 0 Å². The van der Waals surface area contributed by atoms with E-state index in [0.717, 1.165) is 0 Å². The Morgan fingerprint density at radius 3 is 2.07 bits per heavy atom. The number of hydrogen-bond acceptors (Lipinski definition) is 4. The standard InChI is InChI=1S/C10H19NO3/c1-6-12-8-7-11-13-9(2,3)10(4,5)14-11/h7-8H,6H2,1-5H3/b8-7+. The van der Waals surface area contributed by atoms with E-state index in [9.17, 15) is 0 Å². The smallest absolute Gasteiger partial charge is 0.124 e. The lowest BCUT2D eigenvalue weighted by atomic mass is 9.90. The maximum Gasteiger partial charge on any atom is 0.124 e. The van der Waals surface area contributed by atoms with Crippen LogP contribution in [0.1, 0.15) is 34.6 Å². The first kappa shape index (κ1) is 11.3. The van der Waals surface area contributed by atoms with Gasteiger partial charge in [-0.15, -0.1) is 5.23 Å². The van der Waals surface area contributed by atoms with Crippen molar-refractivity contribution in [2.75, 3.05) is 6.61 Å². The summed E-state index contributed by atoms with van der Waals surface area (Å²) in [6.07, 6.45) is 3.18. The summed E-state index contributed by atoms with van der Waals surface area (Å²) < 4.78 is 5.05. The van der Waals surface area contributed by atoms with Crippen molar-refractivity contribution in [3.8, 4) is 0 Å². The minimum atomic E-state index is -0.344. The van der Waals surface area contributed by atoms with Gasteiger partial charge < -0.3 is 4.74 Å². The van der Waals surface area contributed by atoms with Crippen molar-refractivity contribution < 1.29 is 14.4 Å². The van der Waals surface area contributed by atoms with Gasteiger partial charge >= 0.3 is 0 Å². The molecule has 1 saturated heterocycles. The van der Waals surface area contributed by atoms with E-state index in [0.29, 0.717) is 6.61 Å². The fraction of sp³-hybridized carbons (Fsp3) is 0.800. The Morgan fingerprint density at radius 2 is 1.64 bits per heavy atom. The van der Waals surface area contributed by atoms with Gasteiger partial charge in [0, 0.05) is 0 Å². The minimum Gasteiger partial charge on any atom is -0.500 e. The number of nitrogens with zero attached hydrogens (tertiary/aromatic N) is 1. The Bertz CT molecular complexity index is 207. The average molecular weight is 201 g/mol. The molecule has 1 aliphatic heterocycles. The van der Waals surface area contributed by atoms with Gasteiger partial charge in [-0.2, -0.15) is 0 Å². The number of rotatable bonds is 3. The van der Waals surface area contributed by atoms with Crippen LogP contribution in [0, 0.1) is 0 Å². The van der Waals surface area contributed by atoms with Gasteiger partial charge in [-0.25, -0.2) is 9.68 Å². The zero-order chi connectivity index (χ0) is 10.8. The Hall–Kier alpha value is -0.740. The third-order valence-corrected chi connectivity index (χ3v) is 2.53. The van der Waals surface area contributed by atoms with Crippen LogP contribution in [-0.4, -0.2) is 23.0 Å². The second-order valence-electron chi connectivity index (χ2n) is 4.23. The molecule has 0 aromatic rings. The van der Waals surface area contributed by atoms with E-state index in [1.54, 1.807) is 12.5 Å². The number of hydrogen-bond donors (Lipinski definition) is 0. The van der Waals surface area contributed by atoms with Gasteiger partial charge in [-0.05, 0) is 34.6 Å². The summed E-state index contributed by atoms with van der Waals surface area (Å²) in [5.74, 6) is 0. The molecule has 0 amide bonds. The highest BCUT2D eigenvalue weighted by atomic mass is 17.0. The maximum absolute atomic E-state index is 5.55. The molecule has 1 rings (SSSR count). The van der Waals surface area contributed by atoms with Crippen LogP contribution in [0.2, 0.25) is 0 Å². The van der Waals surface area contributed by atoms with Gasteiger partial charge in [0.05, 0.1) is 12.8 Å². The summed E-state index contributed by atoms with van der Waals surface area (Å²) in [6, 6.07) is 0. The quantitative estimate of drug-likeness (QED) is 0.655. The third-order valence-electron chi connectivity index (χ3n) is 2.53. The lowest BCUT2D eigenvalue weighted by molar-refractivity contribution is -0.293. The first-order valence-corrected chi connectivity index (χ1v) is 4.85. The summed E-state index contributed by atoms with van der Waals surface area (Å²) in [5, 5.41) is 1.34. The Labute approximate surface area is 85.3 Å². The molecular formula is C10H19NO3. The summed E-state index contributed by atoms with van der Waals surface area (Å²) in [7, 11) is 0. The Balaban J connectivity index is 2.55. The fourth-order valence-corrected chi connectivity index (χ4v) is 0.938. The van der Waals surface area contributed by atoms with Gasteiger partial charge in [0.2, 0.25) is 0 Å². The van der Waals surface area contributed by atoms with Crippen molar-refractivity contribution in [2.24, 2.45) is 0 Å². The summed E-state index contributed by atoms with van der Waals surface area (Å²) >= 11 is 0. The van der Waals surface area contributed by atoms with Gasteiger partial charge in [0.25, 0.3) is 0 Å². The summed E-state index contributed by atoms with van der Waals surface area (Å²) in [5.41, 5.74) is -0.687. The third kappa shape index (κ3) is 2.19. The van der Waals surface area contributed by atoms with Crippen molar-refractivity contribution in [1.82, 2.24) is 5.23 Å². The molecule has 0 bridgehead atoms. The van der Waals surface area contributed by atoms with Crippen LogP contribution >= 0.6 is 0 Å². The first-order chi connectivity index (χ1) is 6.39. The summed E-state index contributed by atoms with van der Waals surface area (Å²) in [4.78, 5) is 11.1. The van der Waals surface area contributed by atoms with E-state index in [-0.39, 0.29) is 11.2 Å². The van der Waals surface area contributed by atoms with Gasteiger partial charge in [0.1, 0.15) is 17.5 Å². The molecule has 1 heterocycles. The molecule has 1 fully saturated rings. The highest BCUT2D eigenvalue weighted by Crippen LogP contribution is 2.37. The molecule has 0 aromatic heterocycles. The van der Waals surface area contributed by atoms with E-state index in [1.807, 2.05) is 34.6 Å². The van der Waals surface area contributed by atoms with Gasteiger partial charge in [-0.3, -0.25) is 0 Å². The topological polar surface area (TPSA) is 30.9 Å². The van der Waals surface area contributed by atoms with Gasteiger partial charge in [-0.1, -0.05) is 0 Å². The zero-order valence-electron chi connectivity index (χ0n) is 9.53. The van der Waals surface area contributed by atoms with E-state index in [4.69, 9.17) is 14.4 Å². The zero-order valence-corrected chi connectivity index (χ0v) is 9.53. The summed E-state index contributed by atoms with van der Waals surface area (Å²) in [6.45, 7) is 10.5. The number of hydroxylamine groups is 2. The monoisotopic (exact) mass is 201 g/mol. The molecular weight excluding hydrogens is 182 g/mol. The molecule has 14 heavy (non-hydrogen) atoms. The average Bonchev–Trinajstić information content (AvgIpc) is 2.21. The van der Waals surface area contributed by atoms with Gasteiger partial charge in [0.15, 0.2) is 0 Å². The van der Waals surface area contributed by atoms with Crippen molar-refractivity contribution in [3.05, 3.63) is 12.5 Å². The van der Waals surface area contributed by atoms with Crippen molar-refractivity contribution in [1.29, 1.82) is 0 Å². The SMILES string of the molecule is CCO/C=C/N1OC(C)(C)C(C)(C)O1. The molecule has 0 unspecified atom stereocenters. The minimum absolute atomic E-state index is 0.344. The normalized spacial score (nSPS) is 24.5. The van der Waals surface area contributed by atoms with Crippen LogP contribution in [0.5, 0.6) is 0 Å². The number of ether oxygens (including phenoxy) is 1. The van der Waals surface area contributed by atoms with E-state index in [2.05, 4.69) is 0 Å². The molecule has 1 aliphatic rings. The lowest BCUT2D eigenvalue weighted by Gasteiger charge is -2.26. The predicted molar refractivity (Wildman–Crippen MR) is 52.9 cm³/mol. The highest BCUT2D eigenvalue weighted by Gasteiger charge is 2.49. The van der Waals surface area contributed by atoms with Crippen molar-refractivity contribution in [2.45, 2.75) is 45.8 Å². The Morgan fingerprint density at radius 1 is 1.14 bits per heavy atom. The van der Waals surface area contributed by atoms with Crippen LogP contribution in [0.25, 0.3) is 0 Å². The molecule has 0 aromatic carbocycles. The van der Waals surface area contributed by atoms with Crippen molar-refractivity contribution in [3.63, 3.8) is 0 Å². The van der Waals surface area contributed by atoms with E-state index in [1.165, 1.54) is 5.23 Å². The fourth-order valence-electron chi connectivity index (χ4n) is 0.938. The lowest BCUT2D eigenvalue weighted by Crippen LogP contribution is -2.41. The first-order valence-electron chi connectivity index (χ1n) is 4.85. The van der Waals surface area contributed by atoms with Crippen LogP contribution in [0.15, 0.2) is 12.5 Å². The molecule has 0 radical (unpaired) electrons. The predicted octanol–water partition coefficient (Wildman–Crippen LogP) is 2.23. The second kappa shape index (κ2) is 3.79. The van der Waals surface area contributed by atoms with Crippen LogP contribution in [0.4, 0.5) is 0 Å². The molecule has 0 N–H and O–H groups in total. The molecule has 0 saturated carbocycles. The Kier molecular flexibility index (Phi) is 3.07.